The molecule has 1 saturated heterocycles. The molecular weight excluding hydrogens is 236 g/mol. The fraction of sp³-hybridized carbons (Fsp3) is 0.917. The summed E-state index contributed by atoms with van der Waals surface area (Å²) in [5.74, 6) is -0.265. The minimum absolute atomic E-state index is 0.103. The third-order valence-corrected chi connectivity index (χ3v) is 8.22. The number of aliphatic hydroxyl groups is 1. The number of ether oxygens (including phenoxy) is 1. The lowest BCUT2D eigenvalue weighted by Gasteiger charge is -2.41. The quantitative estimate of drug-likeness (QED) is 0.623. The fourth-order valence-electron chi connectivity index (χ4n) is 1.64. The number of carbonyl (C=O) groups is 1. The lowest BCUT2D eigenvalue weighted by Crippen LogP contribution is -2.47. The highest BCUT2D eigenvalue weighted by Crippen LogP contribution is 2.38. The molecule has 0 amide bonds. The van der Waals surface area contributed by atoms with Crippen LogP contribution in [-0.4, -0.2) is 38.2 Å². The van der Waals surface area contributed by atoms with E-state index < -0.39 is 14.4 Å². The average Bonchev–Trinajstić information content (AvgIpc) is 2.14. The van der Waals surface area contributed by atoms with Crippen LogP contribution >= 0.6 is 0 Å². The van der Waals surface area contributed by atoms with E-state index in [2.05, 4.69) is 33.9 Å². The van der Waals surface area contributed by atoms with E-state index in [4.69, 9.17) is 14.3 Å². The Balaban J connectivity index is 2.65. The van der Waals surface area contributed by atoms with Gasteiger partial charge in [0.2, 0.25) is 0 Å². The Morgan fingerprint density at radius 2 is 2.06 bits per heavy atom. The molecule has 0 aliphatic carbocycles. The highest BCUT2D eigenvalue weighted by Gasteiger charge is 2.41. The minimum atomic E-state index is -1.85. The molecular formula is C12H24O4Si. The molecule has 0 aromatic rings. The molecule has 1 aliphatic heterocycles. The van der Waals surface area contributed by atoms with Crippen LogP contribution in [0.15, 0.2) is 0 Å². The van der Waals surface area contributed by atoms with Crippen molar-refractivity contribution in [1.29, 1.82) is 0 Å². The minimum Gasteiger partial charge on any atom is -0.460 e. The molecule has 2 atom stereocenters. The van der Waals surface area contributed by atoms with E-state index in [1.165, 1.54) is 0 Å². The summed E-state index contributed by atoms with van der Waals surface area (Å²) in [6, 6.07) is 0. The van der Waals surface area contributed by atoms with Gasteiger partial charge in [0.1, 0.15) is 6.10 Å². The monoisotopic (exact) mass is 260 g/mol. The van der Waals surface area contributed by atoms with Crippen LogP contribution in [0.5, 0.6) is 0 Å². The molecule has 17 heavy (non-hydrogen) atoms. The Morgan fingerprint density at radius 3 is 2.53 bits per heavy atom. The van der Waals surface area contributed by atoms with Gasteiger partial charge in [-0.1, -0.05) is 20.8 Å². The molecule has 0 saturated carbocycles. The predicted octanol–water partition coefficient (Wildman–Crippen LogP) is 2.07. The number of aliphatic hydroxyl groups excluding tert-OH is 1. The third-order valence-electron chi connectivity index (χ3n) is 3.69. The molecule has 5 heteroatoms. The van der Waals surface area contributed by atoms with Crippen molar-refractivity contribution >= 4 is 14.3 Å². The molecule has 0 aromatic carbocycles. The number of hydrogen-bond acceptors (Lipinski definition) is 4. The van der Waals surface area contributed by atoms with Crippen molar-refractivity contribution in [2.24, 2.45) is 0 Å². The van der Waals surface area contributed by atoms with Crippen LogP contribution in [0.1, 0.15) is 33.6 Å². The molecule has 0 radical (unpaired) electrons. The van der Waals surface area contributed by atoms with Crippen molar-refractivity contribution in [1.82, 2.24) is 0 Å². The zero-order valence-electron chi connectivity index (χ0n) is 11.4. The van der Waals surface area contributed by atoms with Gasteiger partial charge in [-0.25, -0.2) is 0 Å². The molecule has 0 aromatic heterocycles. The first-order valence-corrected chi connectivity index (χ1v) is 9.04. The van der Waals surface area contributed by atoms with Gasteiger partial charge in [0, 0.05) is 6.42 Å². The highest BCUT2D eigenvalue weighted by atomic mass is 28.4. The van der Waals surface area contributed by atoms with Crippen molar-refractivity contribution in [3.8, 4) is 0 Å². The molecule has 1 fully saturated rings. The van der Waals surface area contributed by atoms with Crippen LogP contribution in [-0.2, 0) is 14.0 Å². The second kappa shape index (κ2) is 5.08. The molecule has 1 unspecified atom stereocenters. The standard InChI is InChI=1S/C12H24O4Si/c1-12(2,3)17(4,5)16-9-6-10(8-13)15-11(14)7-9/h9-10,13H,6-8H2,1-5H3/t9-,10?/m1/s1. The van der Waals surface area contributed by atoms with Gasteiger partial charge in [-0.2, -0.15) is 0 Å². The van der Waals surface area contributed by atoms with Gasteiger partial charge < -0.3 is 14.3 Å². The molecule has 0 spiro atoms. The van der Waals surface area contributed by atoms with E-state index in [0.717, 1.165) is 0 Å². The second-order valence-corrected chi connectivity index (χ2v) is 11.0. The Bertz CT molecular complexity index is 283. The SMILES string of the molecule is CC(C)(C)[Si](C)(C)O[C@H]1CC(=O)OC(CO)C1. The number of hydrogen-bond donors (Lipinski definition) is 1. The summed E-state index contributed by atoms with van der Waals surface area (Å²) in [5, 5.41) is 9.19. The fourth-order valence-corrected chi connectivity index (χ4v) is 3.01. The zero-order chi connectivity index (χ0) is 13.3. The number of cyclic esters (lactones) is 1. The third kappa shape index (κ3) is 3.79. The first-order chi connectivity index (χ1) is 7.65. The molecule has 1 aliphatic rings. The van der Waals surface area contributed by atoms with Gasteiger partial charge in [-0.05, 0) is 18.1 Å². The first-order valence-electron chi connectivity index (χ1n) is 6.14. The van der Waals surface area contributed by atoms with E-state index in [-0.39, 0.29) is 23.7 Å². The molecule has 0 bridgehead atoms. The summed E-state index contributed by atoms with van der Waals surface area (Å²) in [7, 11) is -1.85. The summed E-state index contributed by atoms with van der Waals surface area (Å²) >= 11 is 0. The van der Waals surface area contributed by atoms with E-state index in [9.17, 15) is 4.79 Å². The largest absolute Gasteiger partial charge is 0.460 e. The molecule has 1 rings (SSSR count). The van der Waals surface area contributed by atoms with E-state index in [1.54, 1.807) is 0 Å². The Hall–Kier alpha value is -0.393. The van der Waals surface area contributed by atoms with E-state index in [1.807, 2.05) is 0 Å². The summed E-state index contributed by atoms with van der Waals surface area (Å²) < 4.78 is 11.2. The van der Waals surface area contributed by atoms with Crippen LogP contribution in [0.2, 0.25) is 18.1 Å². The van der Waals surface area contributed by atoms with Crippen LogP contribution in [0.25, 0.3) is 0 Å². The van der Waals surface area contributed by atoms with Crippen LogP contribution < -0.4 is 0 Å². The summed E-state index contributed by atoms with van der Waals surface area (Å²) in [4.78, 5) is 11.4. The van der Waals surface area contributed by atoms with Crippen molar-refractivity contribution in [2.75, 3.05) is 6.61 Å². The van der Waals surface area contributed by atoms with Gasteiger partial charge in [-0.15, -0.1) is 0 Å². The predicted molar refractivity (Wildman–Crippen MR) is 68.3 cm³/mol. The van der Waals surface area contributed by atoms with Crippen molar-refractivity contribution in [3.63, 3.8) is 0 Å². The average molecular weight is 260 g/mol. The lowest BCUT2D eigenvalue weighted by molar-refractivity contribution is -0.162. The first kappa shape index (κ1) is 14.7. The Labute approximate surface area is 104 Å². The molecule has 100 valence electrons. The summed E-state index contributed by atoms with van der Waals surface area (Å²) in [5.41, 5.74) is 0. The lowest BCUT2D eigenvalue weighted by atomic mass is 10.1. The summed E-state index contributed by atoms with van der Waals surface area (Å²) in [6.07, 6.45) is 0.415. The van der Waals surface area contributed by atoms with Crippen LogP contribution in [0.4, 0.5) is 0 Å². The van der Waals surface area contributed by atoms with Crippen molar-refractivity contribution < 1.29 is 19.1 Å². The van der Waals surface area contributed by atoms with Crippen LogP contribution in [0, 0.1) is 0 Å². The number of carbonyl (C=O) groups excluding carboxylic acids is 1. The maximum absolute atomic E-state index is 11.4. The van der Waals surface area contributed by atoms with Crippen molar-refractivity contribution in [3.05, 3.63) is 0 Å². The molecule has 4 nitrogen and oxygen atoms in total. The zero-order valence-corrected chi connectivity index (χ0v) is 12.4. The highest BCUT2D eigenvalue weighted by molar-refractivity contribution is 6.74. The Kier molecular flexibility index (Phi) is 4.38. The second-order valence-electron chi connectivity index (χ2n) is 6.23. The van der Waals surface area contributed by atoms with E-state index in [0.29, 0.717) is 12.8 Å². The number of rotatable bonds is 3. The smallest absolute Gasteiger partial charge is 0.308 e. The molecule has 1 N–H and O–H groups in total. The molecule has 1 heterocycles. The van der Waals surface area contributed by atoms with Crippen LogP contribution in [0.3, 0.4) is 0 Å². The Morgan fingerprint density at radius 1 is 1.47 bits per heavy atom. The van der Waals surface area contributed by atoms with Gasteiger partial charge in [0.25, 0.3) is 0 Å². The summed E-state index contributed by atoms with van der Waals surface area (Å²) in [6.45, 7) is 10.7. The van der Waals surface area contributed by atoms with Crippen molar-refractivity contribution in [2.45, 2.75) is 64.0 Å². The normalized spacial score (nSPS) is 26.8. The van der Waals surface area contributed by atoms with E-state index >= 15 is 0 Å². The van der Waals surface area contributed by atoms with Gasteiger partial charge in [0.15, 0.2) is 8.32 Å². The van der Waals surface area contributed by atoms with Gasteiger partial charge in [0.05, 0.1) is 19.1 Å². The van der Waals surface area contributed by atoms with Gasteiger partial charge in [-0.3, -0.25) is 4.79 Å². The maximum atomic E-state index is 11.4. The topological polar surface area (TPSA) is 55.8 Å². The van der Waals surface area contributed by atoms with Gasteiger partial charge >= 0.3 is 5.97 Å². The maximum Gasteiger partial charge on any atom is 0.308 e. The number of esters is 1.